The molecule has 0 aromatic carbocycles. The molecule has 2 aromatic heterocycles. The summed E-state index contributed by atoms with van der Waals surface area (Å²) in [7, 11) is 0. The number of ether oxygens (including phenoxy) is 1. The summed E-state index contributed by atoms with van der Waals surface area (Å²) in [6, 6.07) is 6.13. The van der Waals surface area contributed by atoms with Crippen molar-refractivity contribution in [3.8, 4) is 11.9 Å². The Hall–Kier alpha value is -3.53. The summed E-state index contributed by atoms with van der Waals surface area (Å²) < 4.78 is 6.09. The van der Waals surface area contributed by atoms with E-state index >= 15 is 0 Å². The minimum atomic E-state index is -0.0409. The maximum atomic E-state index is 11.3. The van der Waals surface area contributed by atoms with E-state index in [-0.39, 0.29) is 6.54 Å². The molecule has 154 valence electrons. The van der Waals surface area contributed by atoms with Gasteiger partial charge in [-0.3, -0.25) is 9.78 Å². The number of rotatable bonds is 9. The fourth-order valence-electron chi connectivity index (χ4n) is 3.19. The second-order valence-corrected chi connectivity index (χ2v) is 7.33. The van der Waals surface area contributed by atoms with Gasteiger partial charge in [0, 0.05) is 41.7 Å². The van der Waals surface area contributed by atoms with Crippen LogP contribution >= 0.6 is 0 Å². The highest BCUT2D eigenvalue weighted by molar-refractivity contribution is 5.77. The third-order valence-corrected chi connectivity index (χ3v) is 4.90. The molecule has 0 spiro atoms. The van der Waals surface area contributed by atoms with Gasteiger partial charge in [-0.2, -0.15) is 10.2 Å². The molecule has 1 fully saturated rings. The molecule has 2 heterocycles. The largest absolute Gasteiger partial charge is 0.477 e. The van der Waals surface area contributed by atoms with Gasteiger partial charge in [0.2, 0.25) is 12.3 Å². The van der Waals surface area contributed by atoms with E-state index in [9.17, 15) is 4.79 Å². The molecule has 0 N–H and O–H groups in total. The summed E-state index contributed by atoms with van der Waals surface area (Å²) in [4.78, 5) is 25.8. The van der Waals surface area contributed by atoms with Gasteiger partial charge in [0.15, 0.2) is 0 Å². The summed E-state index contributed by atoms with van der Waals surface area (Å²) in [5, 5.41) is 8.91. The number of allylic oxidation sites excluding steroid dienone is 3. The number of pyridine rings is 1. The first-order chi connectivity index (χ1) is 14.5. The number of nitriles is 1. The highest BCUT2D eigenvalue weighted by Crippen LogP contribution is 2.46. The van der Waals surface area contributed by atoms with Gasteiger partial charge >= 0.3 is 0 Å². The fourth-order valence-corrected chi connectivity index (χ4v) is 3.19. The van der Waals surface area contributed by atoms with Crippen molar-refractivity contribution in [3.63, 3.8) is 0 Å². The van der Waals surface area contributed by atoms with E-state index < -0.39 is 0 Å². The van der Waals surface area contributed by atoms with Crippen LogP contribution in [-0.4, -0.2) is 39.4 Å². The van der Waals surface area contributed by atoms with Crippen LogP contribution in [0.1, 0.15) is 41.9 Å². The first-order valence-electron chi connectivity index (χ1n) is 9.87. The first-order valence-corrected chi connectivity index (χ1v) is 9.87. The molecule has 0 unspecified atom stereocenters. The fraction of sp³-hybridized carbons (Fsp3) is 0.348. The predicted molar refractivity (Wildman–Crippen MR) is 113 cm³/mol. The molecule has 0 saturated heterocycles. The maximum absolute atomic E-state index is 11.3. The SMILES string of the molecule is C/C=C\C(=C/N(C=O)CC#N)c1cnc(C)nc1OC[C@H]1C[C@@H]1c1ccc(C)cn1. The number of aromatic nitrogens is 3. The average Bonchev–Trinajstić information content (AvgIpc) is 3.52. The lowest BCUT2D eigenvalue weighted by Gasteiger charge is -2.14. The van der Waals surface area contributed by atoms with Crippen molar-refractivity contribution in [2.24, 2.45) is 5.92 Å². The van der Waals surface area contributed by atoms with Crippen molar-refractivity contribution in [1.29, 1.82) is 5.26 Å². The standard InChI is InChI=1S/C23H25N5O2/c1-4-5-18(13-28(15-29)9-8-24)21-12-25-17(3)27-23(21)30-14-19-10-20(19)22-7-6-16(2)11-26-22/h4-7,11-13,15,19-20H,9-10,14H2,1-3H3/b5-4-,18-13+/t19-,20+/m1/s1. The van der Waals surface area contributed by atoms with E-state index in [4.69, 9.17) is 10.00 Å². The number of aryl methyl sites for hydroxylation is 2. The Balaban J connectivity index is 1.78. The Morgan fingerprint density at radius 2 is 2.17 bits per heavy atom. The molecular weight excluding hydrogens is 378 g/mol. The molecule has 7 heteroatoms. The number of hydrogen-bond acceptors (Lipinski definition) is 6. The van der Waals surface area contributed by atoms with Crippen LogP contribution < -0.4 is 4.74 Å². The molecule has 1 aliphatic carbocycles. The monoisotopic (exact) mass is 403 g/mol. The van der Waals surface area contributed by atoms with Crippen LogP contribution in [0.4, 0.5) is 0 Å². The van der Waals surface area contributed by atoms with E-state index in [0.29, 0.717) is 47.7 Å². The normalized spacial score (nSPS) is 18.1. The Bertz CT molecular complexity index is 992. The van der Waals surface area contributed by atoms with E-state index in [1.807, 2.05) is 38.3 Å². The lowest BCUT2D eigenvalue weighted by atomic mass is 10.1. The van der Waals surface area contributed by atoms with Crippen molar-refractivity contribution in [2.75, 3.05) is 13.2 Å². The number of nitrogens with zero attached hydrogens (tertiary/aromatic N) is 5. The highest BCUT2D eigenvalue weighted by atomic mass is 16.5. The minimum Gasteiger partial charge on any atom is -0.477 e. The summed E-state index contributed by atoms with van der Waals surface area (Å²) in [6.07, 6.45) is 10.5. The van der Waals surface area contributed by atoms with Crippen LogP contribution in [0, 0.1) is 31.1 Å². The third kappa shape index (κ3) is 5.29. The minimum absolute atomic E-state index is 0.0409. The second-order valence-electron chi connectivity index (χ2n) is 7.33. The number of hydrogen-bond donors (Lipinski definition) is 0. The number of carbonyl (C=O) groups is 1. The number of carbonyl (C=O) groups excluding carboxylic acids is 1. The molecule has 0 radical (unpaired) electrons. The highest BCUT2D eigenvalue weighted by Gasteiger charge is 2.40. The van der Waals surface area contributed by atoms with Gasteiger partial charge in [0.25, 0.3) is 0 Å². The van der Waals surface area contributed by atoms with Crippen LogP contribution in [0.3, 0.4) is 0 Å². The summed E-state index contributed by atoms with van der Waals surface area (Å²) in [5.41, 5.74) is 3.62. The van der Waals surface area contributed by atoms with Crippen molar-refractivity contribution >= 4 is 12.0 Å². The molecule has 0 aliphatic heterocycles. The van der Waals surface area contributed by atoms with E-state index in [1.165, 1.54) is 4.90 Å². The molecule has 30 heavy (non-hydrogen) atoms. The quantitative estimate of drug-likeness (QED) is 0.361. The molecule has 2 aromatic rings. The van der Waals surface area contributed by atoms with Crippen LogP contribution in [0.25, 0.3) is 5.57 Å². The second kappa shape index (κ2) is 9.79. The zero-order valence-electron chi connectivity index (χ0n) is 17.4. The molecule has 3 rings (SSSR count). The van der Waals surface area contributed by atoms with Gasteiger partial charge in [-0.05, 0) is 38.8 Å². The van der Waals surface area contributed by atoms with Gasteiger partial charge in [0.05, 0.1) is 18.2 Å². The topological polar surface area (TPSA) is 92.0 Å². The molecule has 2 atom stereocenters. The van der Waals surface area contributed by atoms with Gasteiger partial charge in [-0.1, -0.05) is 18.2 Å². The van der Waals surface area contributed by atoms with Crippen LogP contribution in [0.15, 0.2) is 42.9 Å². The summed E-state index contributed by atoms with van der Waals surface area (Å²) >= 11 is 0. The number of amides is 1. The smallest absolute Gasteiger partial charge is 0.224 e. The maximum Gasteiger partial charge on any atom is 0.224 e. The summed E-state index contributed by atoms with van der Waals surface area (Å²) in [5.74, 6) is 1.87. The average molecular weight is 403 g/mol. The molecular formula is C23H25N5O2. The zero-order chi connectivity index (χ0) is 21.5. The Morgan fingerprint density at radius 1 is 1.33 bits per heavy atom. The molecule has 1 aliphatic rings. The van der Waals surface area contributed by atoms with Gasteiger partial charge in [-0.25, -0.2) is 4.98 Å². The van der Waals surface area contributed by atoms with Crippen LogP contribution in [0.2, 0.25) is 0 Å². The van der Waals surface area contributed by atoms with Gasteiger partial charge in [0.1, 0.15) is 12.4 Å². The zero-order valence-corrected chi connectivity index (χ0v) is 17.4. The summed E-state index contributed by atoms with van der Waals surface area (Å²) in [6.45, 7) is 6.20. The van der Waals surface area contributed by atoms with E-state index in [1.54, 1.807) is 19.3 Å². The molecule has 1 amide bonds. The van der Waals surface area contributed by atoms with Crippen molar-refractivity contribution < 1.29 is 9.53 Å². The predicted octanol–water partition coefficient (Wildman–Crippen LogP) is 3.57. The lowest BCUT2D eigenvalue weighted by molar-refractivity contribution is -0.115. The lowest BCUT2D eigenvalue weighted by Crippen LogP contribution is -2.15. The van der Waals surface area contributed by atoms with Gasteiger partial charge < -0.3 is 9.64 Å². The molecule has 7 nitrogen and oxygen atoms in total. The van der Waals surface area contributed by atoms with E-state index in [0.717, 1.165) is 17.7 Å². The Labute approximate surface area is 176 Å². The third-order valence-electron chi connectivity index (χ3n) is 4.90. The van der Waals surface area contributed by atoms with Crippen LogP contribution in [-0.2, 0) is 4.79 Å². The van der Waals surface area contributed by atoms with Crippen molar-refractivity contribution in [2.45, 2.75) is 33.1 Å². The molecule has 1 saturated carbocycles. The van der Waals surface area contributed by atoms with Crippen molar-refractivity contribution in [1.82, 2.24) is 19.9 Å². The van der Waals surface area contributed by atoms with Gasteiger partial charge in [-0.15, -0.1) is 0 Å². The Morgan fingerprint density at radius 3 is 2.83 bits per heavy atom. The van der Waals surface area contributed by atoms with Crippen molar-refractivity contribution in [3.05, 3.63) is 65.5 Å². The first kappa shape index (κ1) is 21.2. The molecule has 0 bridgehead atoms. The van der Waals surface area contributed by atoms with E-state index in [2.05, 4.69) is 27.1 Å². The van der Waals surface area contributed by atoms with Crippen LogP contribution in [0.5, 0.6) is 5.88 Å². The Kier molecular flexibility index (Phi) is 6.91.